The zero-order chi connectivity index (χ0) is 22.1. The number of hydrogen-bond donors (Lipinski definition) is 0. The summed E-state index contributed by atoms with van der Waals surface area (Å²) in [5.74, 6) is 0. The molecule has 0 N–H and O–H groups in total. The van der Waals surface area contributed by atoms with Crippen LogP contribution < -0.4 is 4.57 Å². The molecule has 1 aliphatic rings. The third-order valence-electron chi connectivity index (χ3n) is 8.08. The number of benzene rings is 3. The first-order valence-corrected chi connectivity index (χ1v) is 11.3. The lowest BCUT2D eigenvalue weighted by Crippen LogP contribution is -2.44. The van der Waals surface area contributed by atoms with Crippen LogP contribution in [0.5, 0.6) is 0 Å². The van der Waals surface area contributed by atoms with E-state index in [0.717, 1.165) is 0 Å². The highest BCUT2D eigenvalue weighted by atomic mass is 14.9. The van der Waals surface area contributed by atoms with Crippen molar-refractivity contribution in [1.29, 1.82) is 0 Å². The van der Waals surface area contributed by atoms with Gasteiger partial charge in [0.25, 0.3) is 0 Å². The number of fused-ring (bicyclic) bond motifs is 5. The Kier molecular flexibility index (Phi) is 4.21. The molecule has 1 heteroatoms. The molecule has 0 fully saturated rings. The van der Waals surface area contributed by atoms with Crippen LogP contribution in [-0.2, 0) is 17.9 Å². The highest BCUT2D eigenvalue weighted by Gasteiger charge is 2.47. The molecule has 0 radical (unpaired) electrons. The molecule has 3 aromatic carbocycles. The maximum atomic E-state index is 2.42. The molecule has 0 spiro atoms. The van der Waals surface area contributed by atoms with E-state index in [1.807, 2.05) is 0 Å². The maximum absolute atomic E-state index is 2.42. The van der Waals surface area contributed by atoms with Crippen LogP contribution >= 0.6 is 0 Å². The minimum Gasteiger partial charge on any atom is -0.201 e. The second-order valence-electron chi connectivity index (χ2n) is 10.3. The standard InChI is InChI=1S/C30H32N/c1-19-12-17-26(31(7)18-19)22-15-16-25-27(20(22)2)24-14-13-21-10-8-9-11-23(21)28(24)30(5,6)29(25,3)4/h8-18H,1-7H3/q+1. The van der Waals surface area contributed by atoms with Crippen molar-refractivity contribution in [3.05, 3.63) is 89.1 Å². The van der Waals surface area contributed by atoms with Gasteiger partial charge >= 0.3 is 0 Å². The number of pyridine rings is 1. The monoisotopic (exact) mass is 406 g/mol. The van der Waals surface area contributed by atoms with Crippen molar-refractivity contribution in [2.75, 3.05) is 0 Å². The summed E-state index contributed by atoms with van der Waals surface area (Å²) in [5.41, 5.74) is 11.0. The van der Waals surface area contributed by atoms with E-state index in [1.54, 1.807) is 0 Å². The van der Waals surface area contributed by atoms with E-state index in [-0.39, 0.29) is 10.8 Å². The normalized spacial score (nSPS) is 16.1. The van der Waals surface area contributed by atoms with E-state index in [9.17, 15) is 0 Å². The number of hydrogen-bond acceptors (Lipinski definition) is 0. The summed E-state index contributed by atoms with van der Waals surface area (Å²) in [6.45, 7) is 14.1. The lowest BCUT2D eigenvalue weighted by molar-refractivity contribution is -0.660. The summed E-state index contributed by atoms with van der Waals surface area (Å²) < 4.78 is 2.25. The molecule has 1 heterocycles. The average molecular weight is 407 g/mol. The van der Waals surface area contributed by atoms with Crippen LogP contribution in [0.4, 0.5) is 0 Å². The van der Waals surface area contributed by atoms with Crippen LogP contribution in [0.1, 0.15) is 49.9 Å². The quantitative estimate of drug-likeness (QED) is 0.295. The molecule has 1 nitrogen and oxygen atoms in total. The first-order chi connectivity index (χ1) is 14.6. The summed E-state index contributed by atoms with van der Waals surface area (Å²) >= 11 is 0. The van der Waals surface area contributed by atoms with E-state index in [4.69, 9.17) is 0 Å². The van der Waals surface area contributed by atoms with Gasteiger partial charge in [0.1, 0.15) is 7.05 Å². The number of nitrogens with zero attached hydrogens (tertiary/aromatic N) is 1. The zero-order valence-corrected chi connectivity index (χ0v) is 19.8. The van der Waals surface area contributed by atoms with Gasteiger partial charge < -0.3 is 0 Å². The third-order valence-corrected chi connectivity index (χ3v) is 8.08. The molecule has 0 saturated heterocycles. The molecule has 0 unspecified atom stereocenters. The van der Waals surface area contributed by atoms with Crippen molar-refractivity contribution >= 4 is 10.8 Å². The lowest BCUT2D eigenvalue weighted by Gasteiger charge is -2.49. The van der Waals surface area contributed by atoms with Gasteiger partial charge in [0, 0.05) is 22.6 Å². The van der Waals surface area contributed by atoms with Gasteiger partial charge in [0.05, 0.1) is 0 Å². The van der Waals surface area contributed by atoms with Gasteiger partial charge in [0.2, 0.25) is 5.69 Å². The number of aromatic nitrogens is 1. The second kappa shape index (κ2) is 6.53. The minimum atomic E-state index is 0.0121. The number of aryl methyl sites for hydroxylation is 2. The van der Waals surface area contributed by atoms with Crippen LogP contribution in [0.15, 0.2) is 66.9 Å². The molecule has 0 bridgehead atoms. The van der Waals surface area contributed by atoms with Gasteiger partial charge in [-0.15, -0.1) is 0 Å². The second-order valence-corrected chi connectivity index (χ2v) is 10.3. The van der Waals surface area contributed by atoms with Crippen molar-refractivity contribution in [3.63, 3.8) is 0 Å². The van der Waals surface area contributed by atoms with Gasteiger partial charge in [-0.05, 0) is 70.0 Å². The zero-order valence-electron chi connectivity index (χ0n) is 19.8. The fraction of sp³-hybridized carbons (Fsp3) is 0.300. The smallest absolute Gasteiger partial charge is 0.201 e. The topological polar surface area (TPSA) is 3.88 Å². The molecule has 5 rings (SSSR count). The Morgan fingerprint density at radius 2 is 1.42 bits per heavy atom. The van der Waals surface area contributed by atoms with Gasteiger partial charge in [-0.2, -0.15) is 0 Å². The molecule has 0 saturated carbocycles. The van der Waals surface area contributed by atoms with Crippen LogP contribution in [0.2, 0.25) is 0 Å². The van der Waals surface area contributed by atoms with E-state index < -0.39 is 0 Å². The minimum absolute atomic E-state index is 0.0121. The molecule has 1 aromatic heterocycles. The predicted molar refractivity (Wildman–Crippen MR) is 132 cm³/mol. The van der Waals surface area contributed by atoms with Crippen molar-refractivity contribution in [1.82, 2.24) is 0 Å². The predicted octanol–water partition coefficient (Wildman–Crippen LogP) is 7.18. The van der Waals surface area contributed by atoms with E-state index >= 15 is 0 Å². The molecule has 1 aliphatic carbocycles. The van der Waals surface area contributed by atoms with Gasteiger partial charge in [-0.25, -0.2) is 4.57 Å². The fourth-order valence-electron chi connectivity index (χ4n) is 5.69. The Morgan fingerprint density at radius 1 is 0.710 bits per heavy atom. The Labute approximate surface area is 186 Å². The van der Waals surface area contributed by atoms with Gasteiger partial charge in [0.15, 0.2) is 6.20 Å². The summed E-state index contributed by atoms with van der Waals surface area (Å²) in [6, 6.07) is 22.7. The van der Waals surface area contributed by atoms with Gasteiger partial charge in [-0.1, -0.05) is 70.2 Å². The Balaban J connectivity index is 1.90. The summed E-state index contributed by atoms with van der Waals surface area (Å²) in [5, 5.41) is 2.71. The van der Waals surface area contributed by atoms with Crippen LogP contribution in [0.3, 0.4) is 0 Å². The molecule has 0 amide bonds. The molecule has 4 aromatic rings. The van der Waals surface area contributed by atoms with Crippen LogP contribution in [0, 0.1) is 13.8 Å². The first kappa shape index (κ1) is 20.0. The summed E-state index contributed by atoms with van der Waals surface area (Å²) in [4.78, 5) is 0. The largest absolute Gasteiger partial charge is 0.212 e. The Bertz CT molecular complexity index is 1350. The molecule has 31 heavy (non-hydrogen) atoms. The lowest BCUT2D eigenvalue weighted by atomic mass is 9.54. The summed E-state index contributed by atoms with van der Waals surface area (Å²) in [6.07, 6.45) is 2.21. The highest BCUT2D eigenvalue weighted by Crippen LogP contribution is 2.56. The van der Waals surface area contributed by atoms with Crippen molar-refractivity contribution in [2.24, 2.45) is 7.05 Å². The summed E-state index contributed by atoms with van der Waals surface area (Å²) in [7, 11) is 2.15. The van der Waals surface area contributed by atoms with Crippen LogP contribution in [0.25, 0.3) is 33.2 Å². The molecule has 156 valence electrons. The maximum Gasteiger partial charge on any atom is 0.212 e. The van der Waals surface area contributed by atoms with E-state index in [1.165, 1.54) is 55.4 Å². The molecule has 0 atom stereocenters. The first-order valence-electron chi connectivity index (χ1n) is 11.3. The van der Waals surface area contributed by atoms with Crippen molar-refractivity contribution in [2.45, 2.75) is 52.4 Å². The Morgan fingerprint density at radius 3 is 2.16 bits per heavy atom. The van der Waals surface area contributed by atoms with Crippen molar-refractivity contribution < 1.29 is 4.57 Å². The van der Waals surface area contributed by atoms with Crippen molar-refractivity contribution in [3.8, 4) is 22.4 Å². The third kappa shape index (κ3) is 2.65. The average Bonchev–Trinajstić information content (AvgIpc) is 2.72. The number of rotatable bonds is 1. The van der Waals surface area contributed by atoms with E-state index in [2.05, 4.69) is 120 Å². The van der Waals surface area contributed by atoms with E-state index in [0.29, 0.717) is 0 Å². The van der Waals surface area contributed by atoms with Gasteiger partial charge in [-0.3, -0.25) is 0 Å². The highest BCUT2D eigenvalue weighted by molar-refractivity contribution is 5.97. The molecular weight excluding hydrogens is 374 g/mol. The molecule has 0 aliphatic heterocycles. The fourth-order valence-corrected chi connectivity index (χ4v) is 5.69. The van der Waals surface area contributed by atoms with Crippen LogP contribution in [-0.4, -0.2) is 0 Å². The Hall–Kier alpha value is -2.93. The molecular formula is C30H32N+. The SMILES string of the molecule is Cc1ccc(-c2ccc3c(c2C)-c2ccc4ccccc4c2C(C)(C)C3(C)C)[n+](C)c1.